The molecule has 1 atom stereocenters. The van der Waals surface area contributed by atoms with Gasteiger partial charge >= 0.3 is 0 Å². The van der Waals surface area contributed by atoms with Crippen LogP contribution in [0.1, 0.15) is 38.5 Å². The molecule has 0 spiro atoms. The number of carbonyl (C=O) groups excluding carboxylic acids is 1. The topological polar surface area (TPSA) is 71.3 Å². The van der Waals surface area contributed by atoms with E-state index in [4.69, 9.17) is 4.42 Å². The summed E-state index contributed by atoms with van der Waals surface area (Å²) in [4.78, 5) is 13.4. The second-order valence-corrected chi connectivity index (χ2v) is 6.40. The van der Waals surface area contributed by atoms with Crippen LogP contribution in [-0.2, 0) is 11.3 Å². The molecule has 1 amide bonds. The Hall–Kier alpha value is -2.28. The molecular weight excluding hydrogens is 323 g/mol. The molecular formula is C18H23FN4O2. The zero-order valence-corrected chi connectivity index (χ0v) is 14.4. The van der Waals surface area contributed by atoms with Crippen LogP contribution < -0.4 is 5.32 Å². The van der Waals surface area contributed by atoms with Crippen molar-refractivity contribution in [2.24, 2.45) is 0 Å². The van der Waals surface area contributed by atoms with Crippen LogP contribution in [0.15, 0.2) is 28.7 Å². The molecule has 1 aromatic carbocycles. The van der Waals surface area contributed by atoms with Crippen molar-refractivity contribution < 1.29 is 13.6 Å². The fourth-order valence-corrected chi connectivity index (χ4v) is 3.24. The van der Waals surface area contributed by atoms with E-state index in [1.807, 2.05) is 0 Å². The fourth-order valence-electron chi connectivity index (χ4n) is 3.24. The van der Waals surface area contributed by atoms with Gasteiger partial charge in [0.15, 0.2) is 0 Å². The van der Waals surface area contributed by atoms with E-state index >= 15 is 0 Å². The van der Waals surface area contributed by atoms with Crippen LogP contribution in [0.5, 0.6) is 0 Å². The summed E-state index contributed by atoms with van der Waals surface area (Å²) in [6, 6.07) is 6.53. The molecule has 3 rings (SSSR count). The van der Waals surface area contributed by atoms with E-state index < -0.39 is 0 Å². The number of benzene rings is 1. The van der Waals surface area contributed by atoms with Gasteiger partial charge in [-0.25, -0.2) is 4.39 Å². The Morgan fingerprint density at radius 1 is 1.40 bits per heavy atom. The Morgan fingerprint density at radius 3 is 3.08 bits per heavy atom. The van der Waals surface area contributed by atoms with Gasteiger partial charge in [-0.2, -0.15) is 0 Å². The minimum Gasteiger partial charge on any atom is -0.419 e. The molecule has 0 unspecified atom stereocenters. The molecule has 134 valence electrons. The van der Waals surface area contributed by atoms with Crippen molar-refractivity contribution in [3.8, 4) is 11.5 Å². The highest BCUT2D eigenvalue weighted by Gasteiger charge is 2.24. The SMILES string of the molecule is CC(=O)NCC[C@@H]1CCCCN1Cc1nnc(-c2cccc(F)c2)o1. The van der Waals surface area contributed by atoms with Crippen LogP contribution in [0.4, 0.5) is 4.39 Å². The monoisotopic (exact) mass is 346 g/mol. The number of rotatable bonds is 6. The van der Waals surface area contributed by atoms with Crippen LogP contribution in [0.3, 0.4) is 0 Å². The first-order chi connectivity index (χ1) is 12.1. The van der Waals surface area contributed by atoms with Crippen LogP contribution in [-0.4, -0.2) is 40.1 Å². The fraction of sp³-hybridized carbons (Fsp3) is 0.500. The highest BCUT2D eigenvalue weighted by Crippen LogP contribution is 2.23. The van der Waals surface area contributed by atoms with Crippen LogP contribution in [0.25, 0.3) is 11.5 Å². The predicted octanol–water partition coefficient (Wildman–Crippen LogP) is 2.76. The first-order valence-electron chi connectivity index (χ1n) is 8.68. The molecule has 2 heterocycles. The van der Waals surface area contributed by atoms with Gasteiger partial charge in [0.1, 0.15) is 5.82 Å². The molecule has 1 N–H and O–H groups in total. The maximum Gasteiger partial charge on any atom is 0.247 e. The molecule has 0 bridgehead atoms. The molecule has 0 radical (unpaired) electrons. The van der Waals surface area contributed by atoms with Crippen molar-refractivity contribution >= 4 is 5.91 Å². The normalized spacial score (nSPS) is 18.2. The van der Waals surface area contributed by atoms with Crippen molar-refractivity contribution in [1.29, 1.82) is 0 Å². The zero-order chi connectivity index (χ0) is 17.6. The third kappa shape index (κ3) is 4.85. The number of hydrogen-bond donors (Lipinski definition) is 1. The number of aromatic nitrogens is 2. The maximum atomic E-state index is 13.3. The van der Waals surface area contributed by atoms with Crippen molar-refractivity contribution in [2.45, 2.75) is 45.2 Å². The van der Waals surface area contributed by atoms with Gasteiger partial charge in [-0.05, 0) is 44.0 Å². The van der Waals surface area contributed by atoms with Gasteiger partial charge in [0.2, 0.25) is 17.7 Å². The van der Waals surface area contributed by atoms with Gasteiger partial charge in [-0.15, -0.1) is 10.2 Å². The second-order valence-electron chi connectivity index (χ2n) is 6.40. The van der Waals surface area contributed by atoms with Crippen LogP contribution >= 0.6 is 0 Å². The van der Waals surface area contributed by atoms with E-state index in [-0.39, 0.29) is 11.7 Å². The molecule has 1 fully saturated rings. The van der Waals surface area contributed by atoms with E-state index in [1.54, 1.807) is 12.1 Å². The van der Waals surface area contributed by atoms with Gasteiger partial charge in [-0.1, -0.05) is 12.5 Å². The number of nitrogens with one attached hydrogen (secondary N) is 1. The lowest BCUT2D eigenvalue weighted by atomic mass is 9.99. The minimum atomic E-state index is -0.327. The Kier molecular flexibility index (Phi) is 5.75. The predicted molar refractivity (Wildman–Crippen MR) is 91.0 cm³/mol. The van der Waals surface area contributed by atoms with E-state index in [9.17, 15) is 9.18 Å². The summed E-state index contributed by atoms with van der Waals surface area (Å²) in [5.41, 5.74) is 0.583. The smallest absolute Gasteiger partial charge is 0.247 e. The first-order valence-corrected chi connectivity index (χ1v) is 8.68. The number of carbonyl (C=O) groups is 1. The summed E-state index contributed by atoms with van der Waals surface area (Å²) in [5.74, 6) is 0.539. The highest BCUT2D eigenvalue weighted by atomic mass is 19.1. The summed E-state index contributed by atoms with van der Waals surface area (Å²) in [7, 11) is 0. The number of hydrogen-bond acceptors (Lipinski definition) is 5. The Balaban J connectivity index is 1.63. The van der Waals surface area contributed by atoms with E-state index in [0.717, 1.165) is 25.8 Å². The van der Waals surface area contributed by atoms with Gasteiger partial charge in [0.25, 0.3) is 0 Å². The third-order valence-corrected chi connectivity index (χ3v) is 4.48. The lowest BCUT2D eigenvalue weighted by Crippen LogP contribution is -2.41. The van der Waals surface area contributed by atoms with E-state index in [0.29, 0.717) is 36.5 Å². The summed E-state index contributed by atoms with van der Waals surface area (Å²) >= 11 is 0. The molecule has 1 aliphatic heterocycles. The van der Waals surface area contributed by atoms with Gasteiger partial charge < -0.3 is 9.73 Å². The number of piperidine rings is 1. The number of amides is 1. The first kappa shape index (κ1) is 17.5. The molecule has 0 saturated carbocycles. The lowest BCUT2D eigenvalue weighted by molar-refractivity contribution is -0.119. The summed E-state index contributed by atoms with van der Waals surface area (Å²) in [5, 5.41) is 11.0. The maximum absolute atomic E-state index is 13.3. The van der Waals surface area contributed by atoms with Crippen LogP contribution in [0.2, 0.25) is 0 Å². The minimum absolute atomic E-state index is 0.000930. The Morgan fingerprint density at radius 2 is 2.28 bits per heavy atom. The van der Waals surface area contributed by atoms with Gasteiger partial charge in [0.05, 0.1) is 6.54 Å². The van der Waals surface area contributed by atoms with Gasteiger partial charge in [0, 0.05) is 25.1 Å². The van der Waals surface area contributed by atoms with Crippen LogP contribution in [0, 0.1) is 5.82 Å². The number of halogens is 1. The Bertz CT molecular complexity index is 719. The molecule has 2 aromatic rings. The molecule has 1 aromatic heterocycles. The molecule has 1 aliphatic rings. The molecule has 0 aliphatic carbocycles. The number of likely N-dealkylation sites (tertiary alicyclic amines) is 1. The highest BCUT2D eigenvalue weighted by molar-refractivity contribution is 5.72. The quantitative estimate of drug-likeness (QED) is 0.871. The van der Waals surface area contributed by atoms with Crippen molar-refractivity contribution in [3.63, 3.8) is 0 Å². The average Bonchev–Trinajstić information content (AvgIpc) is 3.05. The zero-order valence-electron chi connectivity index (χ0n) is 14.4. The molecule has 1 saturated heterocycles. The van der Waals surface area contributed by atoms with Crippen molar-refractivity contribution in [3.05, 3.63) is 36.0 Å². The van der Waals surface area contributed by atoms with Crippen molar-refractivity contribution in [2.75, 3.05) is 13.1 Å². The summed E-state index contributed by atoms with van der Waals surface area (Å²) in [6.07, 6.45) is 4.34. The largest absolute Gasteiger partial charge is 0.419 e. The summed E-state index contributed by atoms with van der Waals surface area (Å²) < 4.78 is 19.0. The Labute approximate surface area is 146 Å². The molecule has 6 nitrogen and oxygen atoms in total. The second kappa shape index (κ2) is 8.20. The summed E-state index contributed by atoms with van der Waals surface area (Å²) in [6.45, 7) is 3.76. The standard InChI is InChI=1S/C18H23FN4O2/c1-13(24)20-9-8-16-7-2-3-10-23(16)12-17-21-22-18(25-17)14-5-4-6-15(19)11-14/h4-6,11,16H,2-3,7-10,12H2,1H3,(H,20,24)/t16-/m0/s1. The van der Waals surface area contributed by atoms with E-state index in [1.165, 1.54) is 25.5 Å². The van der Waals surface area contributed by atoms with E-state index in [2.05, 4.69) is 20.4 Å². The van der Waals surface area contributed by atoms with Gasteiger partial charge in [-0.3, -0.25) is 9.69 Å². The average molecular weight is 346 g/mol. The van der Waals surface area contributed by atoms with Crippen molar-refractivity contribution in [1.82, 2.24) is 20.4 Å². The molecule has 7 heteroatoms. The molecule has 25 heavy (non-hydrogen) atoms. The lowest BCUT2D eigenvalue weighted by Gasteiger charge is -2.34. The third-order valence-electron chi connectivity index (χ3n) is 4.48. The number of nitrogens with zero attached hydrogens (tertiary/aromatic N) is 3.